The van der Waals surface area contributed by atoms with E-state index in [0.29, 0.717) is 28.7 Å². The number of carbonyl (C=O) groups excluding carboxylic acids is 3. The van der Waals surface area contributed by atoms with Crippen LogP contribution in [0.15, 0.2) is 51.0 Å². The van der Waals surface area contributed by atoms with Crippen molar-refractivity contribution in [3.05, 3.63) is 62.5 Å². The summed E-state index contributed by atoms with van der Waals surface area (Å²) in [5.41, 5.74) is 4.20. The maximum absolute atomic E-state index is 13.5. The smallest absolute Gasteiger partial charge is 0.352 e. The molecule has 0 bridgehead atoms. The van der Waals surface area contributed by atoms with Crippen molar-refractivity contribution in [3.8, 4) is 5.75 Å². The van der Waals surface area contributed by atoms with Crippen molar-refractivity contribution >= 4 is 74.5 Å². The molecule has 0 saturated carbocycles. The molecule has 54 heavy (non-hydrogen) atoms. The summed E-state index contributed by atoms with van der Waals surface area (Å²) >= 11 is 2.32. The normalized spacial score (nSPS) is 19.6. The van der Waals surface area contributed by atoms with Gasteiger partial charge in [0.1, 0.15) is 29.4 Å². The number of rotatable bonds is 13. The second-order valence-corrected chi connectivity index (χ2v) is 15.9. The lowest BCUT2D eigenvalue weighted by Crippen LogP contribution is -2.71. The number of aliphatic carboxylic acids is 2. The number of aromatic nitrogens is 2. The van der Waals surface area contributed by atoms with Crippen LogP contribution in [0.3, 0.4) is 0 Å². The standard InChI is InChI=1S/C34H38N8O10S2/c1-34(2,32(50)51)52-39-23(20-16-54-33(35)37-20)28(46)38-24-29(47)41-25(31(48)49)18(15-53-30(24)41)14-42(9-4-5-10-42)11-8-36-27(45)17-6-7-21-19(12-17)26(44)22(43)13-40(21)3/h6-7,12-13,16,24,30H,4-5,8-11,14-15H2,1-3H3,(H6-,35,36,37,38,43,45,46,48,49,50,51)/p+1/t24-,30-/m1/s1. The topological polar surface area (TPSA) is 256 Å². The molecule has 286 valence electrons. The molecule has 0 spiro atoms. The number of carboxylic acids is 2. The van der Waals surface area contributed by atoms with Gasteiger partial charge in [-0.15, -0.1) is 23.1 Å². The lowest BCUT2D eigenvalue weighted by atomic mass is 10.0. The Hall–Kier alpha value is -5.47. The van der Waals surface area contributed by atoms with Crippen LogP contribution in [-0.2, 0) is 31.1 Å². The van der Waals surface area contributed by atoms with E-state index in [0.717, 1.165) is 37.3 Å². The largest absolute Gasteiger partial charge is 0.503 e. The molecule has 20 heteroatoms. The molecule has 6 rings (SSSR count). The Morgan fingerprint density at radius 1 is 1.17 bits per heavy atom. The first-order chi connectivity index (χ1) is 25.5. The molecule has 0 radical (unpaired) electrons. The van der Waals surface area contributed by atoms with Crippen LogP contribution in [0.5, 0.6) is 5.75 Å². The van der Waals surface area contributed by atoms with E-state index in [1.165, 1.54) is 48.2 Å². The fraction of sp³-hybridized carbons (Fsp3) is 0.412. The van der Waals surface area contributed by atoms with Crippen molar-refractivity contribution in [1.82, 2.24) is 25.1 Å². The van der Waals surface area contributed by atoms with Gasteiger partial charge in [-0.3, -0.25) is 24.1 Å². The first-order valence-corrected chi connectivity index (χ1v) is 18.8. The summed E-state index contributed by atoms with van der Waals surface area (Å²) in [5.74, 6) is -4.70. The number of benzene rings is 1. The van der Waals surface area contributed by atoms with E-state index in [2.05, 4.69) is 20.8 Å². The SMILES string of the molecule is Cn1cc(O)c(=O)c2cc(C(=O)NCC[N+]3(CC4=C(C(=O)O)N5C(=O)[C@@H](NC(=O)C(=NOC(C)(C)C(=O)O)c6csc(N)n6)[C@H]5SC4)CCCC3)ccc21. The highest BCUT2D eigenvalue weighted by Crippen LogP contribution is 2.41. The van der Waals surface area contributed by atoms with E-state index in [9.17, 15) is 44.1 Å². The van der Waals surface area contributed by atoms with Crippen molar-refractivity contribution < 1.29 is 48.6 Å². The maximum Gasteiger partial charge on any atom is 0.352 e. The number of quaternary nitrogens is 1. The molecule has 3 aromatic rings. The van der Waals surface area contributed by atoms with Gasteiger partial charge < -0.3 is 45.6 Å². The Kier molecular flexibility index (Phi) is 10.4. The van der Waals surface area contributed by atoms with Crippen LogP contribution in [0, 0.1) is 0 Å². The number of pyridine rings is 1. The molecule has 2 aromatic heterocycles. The number of carbonyl (C=O) groups is 5. The molecule has 2 atom stereocenters. The van der Waals surface area contributed by atoms with Crippen molar-refractivity contribution in [2.75, 3.05) is 44.2 Å². The van der Waals surface area contributed by atoms with Gasteiger partial charge in [0.25, 0.3) is 17.7 Å². The molecule has 2 saturated heterocycles. The highest BCUT2D eigenvalue weighted by molar-refractivity contribution is 8.00. The molecule has 1 aromatic carbocycles. The monoisotopic (exact) mass is 783 g/mol. The molecule has 3 amide bonds. The Bertz CT molecular complexity index is 2190. The van der Waals surface area contributed by atoms with Gasteiger partial charge in [0.2, 0.25) is 11.0 Å². The Morgan fingerprint density at radius 3 is 2.54 bits per heavy atom. The number of hydrogen-bond donors (Lipinski definition) is 6. The van der Waals surface area contributed by atoms with Gasteiger partial charge in [-0.1, -0.05) is 5.16 Å². The number of aryl methyl sites for hydroxylation is 1. The number of likely N-dealkylation sites (tertiary alicyclic amines) is 1. The number of amides is 3. The van der Waals surface area contributed by atoms with Gasteiger partial charge in [-0.2, -0.15) is 0 Å². The van der Waals surface area contributed by atoms with E-state index < -0.39 is 63.6 Å². The van der Waals surface area contributed by atoms with Crippen molar-refractivity contribution in [2.24, 2.45) is 12.2 Å². The first-order valence-electron chi connectivity index (χ1n) is 16.9. The highest BCUT2D eigenvalue weighted by Gasteiger charge is 2.55. The lowest BCUT2D eigenvalue weighted by Gasteiger charge is -2.50. The van der Waals surface area contributed by atoms with Crippen molar-refractivity contribution in [2.45, 2.75) is 43.7 Å². The minimum absolute atomic E-state index is 0.00340. The summed E-state index contributed by atoms with van der Waals surface area (Å²) in [6.07, 6.45) is 3.11. The van der Waals surface area contributed by atoms with Crippen molar-refractivity contribution in [3.63, 3.8) is 0 Å². The molecule has 3 aliphatic rings. The molecule has 0 aliphatic carbocycles. The van der Waals surface area contributed by atoms with Crippen LogP contribution in [0.1, 0.15) is 42.7 Å². The number of carboxylic acid groups (broad SMARTS) is 2. The van der Waals surface area contributed by atoms with Crippen LogP contribution in [0.4, 0.5) is 5.13 Å². The van der Waals surface area contributed by atoms with Crippen LogP contribution in [-0.4, -0.2) is 125 Å². The number of nitrogens with two attached hydrogens (primary N) is 1. The third kappa shape index (κ3) is 7.35. The Labute approximate surface area is 315 Å². The number of thiazole rings is 1. The Morgan fingerprint density at radius 2 is 1.89 bits per heavy atom. The number of aromatic hydroxyl groups is 1. The van der Waals surface area contributed by atoms with E-state index >= 15 is 0 Å². The zero-order valence-electron chi connectivity index (χ0n) is 29.5. The quantitative estimate of drug-likeness (QED) is 0.0603. The van der Waals surface area contributed by atoms with Gasteiger partial charge in [-0.05, 0) is 32.0 Å². The zero-order valence-corrected chi connectivity index (χ0v) is 31.2. The molecule has 3 aliphatic heterocycles. The minimum Gasteiger partial charge on any atom is -0.503 e. The van der Waals surface area contributed by atoms with Gasteiger partial charge in [0.05, 0.1) is 43.3 Å². The predicted octanol–water partition coefficient (Wildman–Crippen LogP) is 0.646. The van der Waals surface area contributed by atoms with Crippen LogP contribution < -0.4 is 21.8 Å². The summed E-state index contributed by atoms with van der Waals surface area (Å²) in [6.45, 7) is 5.04. The number of thioether (sulfide) groups is 1. The summed E-state index contributed by atoms with van der Waals surface area (Å²) in [6, 6.07) is 3.57. The summed E-state index contributed by atoms with van der Waals surface area (Å²) < 4.78 is 2.09. The molecule has 2 fully saturated rings. The fourth-order valence-corrected chi connectivity index (χ4v) is 8.69. The number of nitrogen functional groups attached to an aromatic ring is 1. The van der Waals surface area contributed by atoms with Gasteiger partial charge in [-0.25, -0.2) is 14.6 Å². The number of β-lactam (4-membered cyclic amide) rings is 1. The highest BCUT2D eigenvalue weighted by atomic mass is 32.2. The third-order valence-electron chi connectivity index (χ3n) is 9.74. The second-order valence-electron chi connectivity index (χ2n) is 13.9. The van der Waals surface area contributed by atoms with E-state index in [4.69, 9.17) is 10.6 Å². The second kappa shape index (κ2) is 14.7. The van der Waals surface area contributed by atoms with Crippen LogP contribution in [0.2, 0.25) is 0 Å². The van der Waals surface area contributed by atoms with E-state index in [-0.39, 0.29) is 39.8 Å². The fourth-order valence-electron chi connectivity index (χ4n) is 6.81. The number of hydrogen-bond acceptors (Lipinski definition) is 13. The average Bonchev–Trinajstić information content (AvgIpc) is 3.77. The summed E-state index contributed by atoms with van der Waals surface area (Å²) in [7, 11) is 1.68. The summed E-state index contributed by atoms with van der Waals surface area (Å²) in [4.78, 5) is 87.2. The molecule has 7 N–H and O–H groups in total. The first kappa shape index (κ1) is 38.3. The molecule has 0 unspecified atom stereocenters. The van der Waals surface area contributed by atoms with E-state index in [1.807, 2.05) is 0 Å². The maximum atomic E-state index is 13.5. The zero-order chi connectivity index (χ0) is 39.1. The van der Waals surface area contributed by atoms with Crippen LogP contribution >= 0.6 is 23.1 Å². The van der Waals surface area contributed by atoms with Gasteiger partial charge >= 0.3 is 11.9 Å². The number of nitrogens with zero attached hydrogens (tertiary/aromatic N) is 5. The lowest BCUT2D eigenvalue weighted by molar-refractivity contribution is -0.911. The van der Waals surface area contributed by atoms with E-state index in [1.54, 1.807) is 23.7 Å². The average molecular weight is 784 g/mol. The third-order valence-corrected chi connectivity index (χ3v) is 11.8. The Balaban J connectivity index is 1.15. The minimum atomic E-state index is -1.79. The van der Waals surface area contributed by atoms with Gasteiger partial charge in [0.15, 0.2) is 16.6 Å². The number of anilines is 1. The molecule has 18 nitrogen and oxygen atoms in total. The van der Waals surface area contributed by atoms with Gasteiger partial charge in [0, 0.05) is 42.2 Å². The number of oxime groups is 1. The predicted molar refractivity (Wildman–Crippen MR) is 198 cm³/mol. The van der Waals surface area contributed by atoms with Crippen molar-refractivity contribution in [1.29, 1.82) is 0 Å². The number of fused-ring (bicyclic) bond motifs is 2. The molecular weight excluding hydrogens is 745 g/mol. The van der Waals surface area contributed by atoms with Crippen LogP contribution in [0.25, 0.3) is 10.9 Å². The number of nitrogens with one attached hydrogen (secondary N) is 2. The summed E-state index contributed by atoms with van der Waals surface area (Å²) in [5, 5.41) is 40.0. The molecule has 5 heterocycles. The molecular formula is C34H39N8O10S2+.